The van der Waals surface area contributed by atoms with Gasteiger partial charge >= 0.3 is 48.6 Å². The van der Waals surface area contributed by atoms with Crippen molar-refractivity contribution in [1.82, 2.24) is 0 Å². The molecule has 0 saturated carbocycles. The summed E-state index contributed by atoms with van der Waals surface area (Å²) in [5, 5.41) is 0. The van der Waals surface area contributed by atoms with Gasteiger partial charge in [0.2, 0.25) is 0 Å². The molecule has 0 fully saturated rings. The number of hydrogen-bond acceptors (Lipinski definition) is 2. The minimum atomic E-state index is -0.222. The fourth-order valence-electron chi connectivity index (χ4n) is 0. The van der Waals surface area contributed by atoms with Gasteiger partial charge < -0.3 is 0 Å². The first-order valence-electron chi connectivity index (χ1n) is 0.412. The number of hydrogen-bond donors (Lipinski definition) is 0. The molecule has 0 N–H and O–H groups in total. The van der Waals surface area contributed by atoms with E-state index in [4.69, 9.17) is 6.48 Å². The molecular weight excluding hydrogens is 296 g/mol. The Balaban J connectivity index is 0. The normalized spacial score (nSPS) is 3.00. The van der Waals surface area contributed by atoms with E-state index in [2.05, 4.69) is 15.9 Å². The fourth-order valence-corrected chi connectivity index (χ4v) is 0. The Hall–Kier alpha value is 1.05. The van der Waals surface area contributed by atoms with Gasteiger partial charge in [0, 0.05) is 0 Å². The van der Waals surface area contributed by atoms with Gasteiger partial charge in [-0.05, 0) is 0 Å². The molecule has 0 heterocycles. The molecule has 0 radical (unpaired) electrons. The molecule has 2 nitrogen and oxygen atoms in total. The van der Waals surface area contributed by atoms with E-state index in [1.807, 2.05) is 0 Å². The summed E-state index contributed by atoms with van der Waals surface area (Å²) in [5.74, 6) is 0. The summed E-state index contributed by atoms with van der Waals surface area (Å²) in [6, 6.07) is 0. The van der Waals surface area contributed by atoms with Gasteiger partial charge in [0.1, 0.15) is 0 Å². The third kappa shape index (κ3) is 11.6. The predicted molar refractivity (Wildman–Crippen MR) is 1.37 cm³/mol. The molecular formula is CuHgO2. The second kappa shape index (κ2) is 34.0. The predicted octanol–water partition coefficient (Wildman–Crippen LogP) is -0.243. The van der Waals surface area contributed by atoms with Gasteiger partial charge in [-0.15, -0.1) is 0 Å². The number of rotatable bonds is 0. The van der Waals surface area contributed by atoms with Gasteiger partial charge in [0.05, 0.1) is 0 Å². The molecule has 0 aromatic heterocycles. The van der Waals surface area contributed by atoms with Gasteiger partial charge in [0.25, 0.3) is 0 Å². The van der Waals surface area contributed by atoms with Gasteiger partial charge in [-0.3, -0.25) is 0 Å². The van der Waals surface area contributed by atoms with E-state index in [1.165, 1.54) is 0 Å². The average molecular weight is 296 g/mol. The SMILES string of the molecule is [O]=[Cu].[O]=[Hg]. The summed E-state index contributed by atoms with van der Waals surface area (Å²) in [5.41, 5.74) is 0. The van der Waals surface area contributed by atoms with Crippen LogP contribution in [-0.2, 0) is 48.6 Å². The Kier molecular flexibility index (Phi) is 75.7. The van der Waals surface area contributed by atoms with Crippen molar-refractivity contribution in [2.24, 2.45) is 0 Å². The topological polar surface area (TPSA) is 34.1 Å². The van der Waals surface area contributed by atoms with Crippen LogP contribution in [0.15, 0.2) is 0 Å². The van der Waals surface area contributed by atoms with Gasteiger partial charge in [-0.1, -0.05) is 0 Å². The van der Waals surface area contributed by atoms with Crippen LogP contribution in [0.25, 0.3) is 0 Å². The van der Waals surface area contributed by atoms with Crippen LogP contribution in [0.1, 0.15) is 0 Å². The van der Waals surface area contributed by atoms with Crippen LogP contribution >= 0.6 is 0 Å². The minimum absolute atomic E-state index is 0.222. The molecule has 0 saturated heterocycles. The molecule has 0 spiro atoms. The molecule has 0 amide bonds. The van der Waals surface area contributed by atoms with Crippen molar-refractivity contribution in [3.8, 4) is 0 Å². The third-order valence-corrected chi connectivity index (χ3v) is 0. The summed E-state index contributed by atoms with van der Waals surface area (Å²) in [4.78, 5) is 0. The van der Waals surface area contributed by atoms with E-state index < -0.39 is 0 Å². The van der Waals surface area contributed by atoms with E-state index in [0.717, 1.165) is 0 Å². The molecule has 0 aromatic carbocycles. The van der Waals surface area contributed by atoms with Crippen molar-refractivity contribution in [2.45, 2.75) is 0 Å². The van der Waals surface area contributed by atoms with Gasteiger partial charge in [-0.2, -0.15) is 0 Å². The van der Waals surface area contributed by atoms with E-state index in [-0.39, 0.29) is 26.1 Å². The Labute approximate surface area is 48.4 Å². The first kappa shape index (κ1) is 8.91. The van der Waals surface area contributed by atoms with E-state index >= 15 is 0 Å². The zero-order valence-corrected chi connectivity index (χ0v) is 8.26. The van der Waals surface area contributed by atoms with E-state index in [1.54, 1.807) is 0 Å². The standard InChI is InChI=1S/Cu.Hg.2O. The van der Waals surface area contributed by atoms with Crippen molar-refractivity contribution in [3.63, 3.8) is 0 Å². The van der Waals surface area contributed by atoms with Crippen LogP contribution < -0.4 is 0 Å². The Morgan fingerprint density at radius 2 is 1.25 bits per heavy atom. The zero-order valence-electron chi connectivity index (χ0n) is 1.83. The first-order valence-corrected chi connectivity index (χ1v) is 3.04. The van der Waals surface area contributed by atoms with Crippen LogP contribution in [0.3, 0.4) is 0 Å². The van der Waals surface area contributed by atoms with Crippen molar-refractivity contribution in [1.29, 1.82) is 0 Å². The Morgan fingerprint density at radius 1 is 1.25 bits per heavy atom. The molecule has 0 aliphatic rings. The van der Waals surface area contributed by atoms with Crippen LogP contribution in [0.5, 0.6) is 0 Å². The molecule has 4 heteroatoms. The Bertz CT molecular complexity index is 8.00. The van der Waals surface area contributed by atoms with Crippen molar-refractivity contribution >= 4 is 0 Å². The molecule has 25 valence electrons. The molecule has 0 aliphatic carbocycles. The Morgan fingerprint density at radius 3 is 1.25 bits per heavy atom. The van der Waals surface area contributed by atoms with E-state index in [9.17, 15) is 0 Å². The van der Waals surface area contributed by atoms with Crippen LogP contribution in [-0.4, -0.2) is 0 Å². The zero-order chi connectivity index (χ0) is 4.00. The molecule has 0 atom stereocenters. The van der Waals surface area contributed by atoms with E-state index in [0.29, 0.717) is 0 Å². The first-order chi connectivity index (χ1) is 2.00. The van der Waals surface area contributed by atoms with Crippen LogP contribution in [0, 0.1) is 0 Å². The summed E-state index contributed by atoms with van der Waals surface area (Å²) >= 11 is 2.72. The molecule has 4 heavy (non-hydrogen) atoms. The molecule has 0 unspecified atom stereocenters. The van der Waals surface area contributed by atoms with Crippen LogP contribution in [0.2, 0.25) is 0 Å². The average Bonchev–Trinajstić information content (AvgIpc) is 1.50. The fraction of sp³-hybridized carbons (Fsp3) is 0. The quantitative estimate of drug-likeness (QED) is 0.578. The van der Waals surface area contributed by atoms with Crippen molar-refractivity contribution in [3.05, 3.63) is 0 Å². The maximum atomic E-state index is 8.44. The second-order valence-corrected chi connectivity index (χ2v) is 0. The maximum absolute atomic E-state index is 8.44. The molecule has 0 aliphatic heterocycles. The monoisotopic (exact) mass is 297 g/mol. The molecule has 0 aromatic rings. The second-order valence-electron chi connectivity index (χ2n) is 0. The molecule has 0 rings (SSSR count). The van der Waals surface area contributed by atoms with Crippen LogP contribution in [0.4, 0.5) is 0 Å². The van der Waals surface area contributed by atoms with Gasteiger partial charge in [0.15, 0.2) is 0 Å². The summed E-state index contributed by atoms with van der Waals surface area (Å²) in [7, 11) is 0. The molecule has 0 bridgehead atoms. The third-order valence-electron chi connectivity index (χ3n) is 0. The summed E-state index contributed by atoms with van der Waals surface area (Å²) < 4.78 is 16.3. The van der Waals surface area contributed by atoms with Gasteiger partial charge in [-0.25, -0.2) is 0 Å². The van der Waals surface area contributed by atoms with Crippen molar-refractivity contribution in [2.75, 3.05) is 0 Å². The summed E-state index contributed by atoms with van der Waals surface area (Å²) in [6.07, 6.45) is 0. The summed E-state index contributed by atoms with van der Waals surface area (Å²) in [6.45, 7) is 0. The van der Waals surface area contributed by atoms with Crippen molar-refractivity contribution < 1.29 is 48.6 Å².